The number of hydrogen-bond donors (Lipinski definition) is 1. The van der Waals surface area contributed by atoms with Gasteiger partial charge in [-0.2, -0.15) is 0 Å². The largest absolute Gasteiger partial charge is 0.313 e. The molecule has 16 heavy (non-hydrogen) atoms. The van der Waals surface area contributed by atoms with E-state index in [0.717, 1.165) is 21.4 Å². The minimum absolute atomic E-state index is 0.691. The molecule has 0 unspecified atom stereocenters. The van der Waals surface area contributed by atoms with E-state index < -0.39 is 0 Å². The van der Waals surface area contributed by atoms with E-state index in [4.69, 9.17) is 0 Å². The van der Waals surface area contributed by atoms with E-state index >= 15 is 0 Å². The first-order chi connectivity index (χ1) is 7.81. The second kappa shape index (κ2) is 5.18. The lowest BCUT2D eigenvalue weighted by molar-refractivity contribution is 0.758. The summed E-state index contributed by atoms with van der Waals surface area (Å²) in [5, 5.41) is 3.02. The third-order valence-electron chi connectivity index (χ3n) is 2.23. The number of aromatic nitrogens is 2. The van der Waals surface area contributed by atoms with Crippen LogP contribution in [-0.2, 0) is 6.54 Å². The minimum Gasteiger partial charge on any atom is -0.313 e. The Labute approximate surface area is 103 Å². The van der Waals surface area contributed by atoms with Gasteiger partial charge in [-0.25, -0.2) is 9.97 Å². The van der Waals surface area contributed by atoms with E-state index in [0.29, 0.717) is 6.54 Å². The van der Waals surface area contributed by atoms with Crippen LogP contribution in [0.25, 0.3) is 11.1 Å². The summed E-state index contributed by atoms with van der Waals surface area (Å²) in [5.41, 5.74) is 2.13. The van der Waals surface area contributed by atoms with Gasteiger partial charge in [0.1, 0.15) is 5.82 Å². The smallest absolute Gasteiger partial charge is 0.141 e. The van der Waals surface area contributed by atoms with Gasteiger partial charge in [0.15, 0.2) is 0 Å². The average molecular weight is 278 g/mol. The SMILES string of the molecule is CNCc1ncc(-c2ccccc2Br)cn1. The number of benzene rings is 1. The summed E-state index contributed by atoms with van der Waals surface area (Å²) in [5.74, 6) is 0.804. The predicted molar refractivity (Wildman–Crippen MR) is 67.9 cm³/mol. The van der Waals surface area contributed by atoms with E-state index in [1.54, 1.807) is 0 Å². The maximum atomic E-state index is 4.29. The molecule has 1 heterocycles. The van der Waals surface area contributed by atoms with Gasteiger partial charge in [-0.3, -0.25) is 0 Å². The van der Waals surface area contributed by atoms with E-state index in [2.05, 4.69) is 31.2 Å². The molecule has 0 atom stereocenters. The van der Waals surface area contributed by atoms with Crippen LogP contribution in [0.15, 0.2) is 41.1 Å². The third kappa shape index (κ3) is 2.46. The quantitative estimate of drug-likeness (QED) is 0.937. The van der Waals surface area contributed by atoms with Crippen LogP contribution in [0.5, 0.6) is 0 Å². The van der Waals surface area contributed by atoms with Gasteiger partial charge in [0.2, 0.25) is 0 Å². The Morgan fingerprint density at radius 3 is 2.50 bits per heavy atom. The predicted octanol–water partition coefficient (Wildman–Crippen LogP) is 2.63. The van der Waals surface area contributed by atoms with Gasteiger partial charge in [-0.05, 0) is 18.7 Å². The summed E-state index contributed by atoms with van der Waals surface area (Å²) in [7, 11) is 1.88. The molecule has 82 valence electrons. The Hall–Kier alpha value is -1.26. The third-order valence-corrected chi connectivity index (χ3v) is 2.92. The molecule has 4 heteroatoms. The lowest BCUT2D eigenvalue weighted by Crippen LogP contribution is -2.08. The van der Waals surface area contributed by atoms with Gasteiger partial charge in [0, 0.05) is 22.4 Å². The van der Waals surface area contributed by atoms with Crippen molar-refractivity contribution in [1.82, 2.24) is 15.3 Å². The Balaban J connectivity index is 2.31. The highest BCUT2D eigenvalue weighted by molar-refractivity contribution is 9.10. The second-order valence-electron chi connectivity index (χ2n) is 3.40. The Morgan fingerprint density at radius 2 is 1.88 bits per heavy atom. The Morgan fingerprint density at radius 1 is 1.19 bits per heavy atom. The molecule has 0 aliphatic rings. The molecule has 0 saturated carbocycles. The van der Waals surface area contributed by atoms with Crippen molar-refractivity contribution in [1.29, 1.82) is 0 Å². The molecule has 1 aromatic heterocycles. The van der Waals surface area contributed by atoms with Crippen molar-refractivity contribution in [3.05, 3.63) is 47.0 Å². The van der Waals surface area contributed by atoms with Gasteiger partial charge in [-0.15, -0.1) is 0 Å². The van der Waals surface area contributed by atoms with Crippen molar-refractivity contribution in [3.8, 4) is 11.1 Å². The number of hydrogen-bond acceptors (Lipinski definition) is 3. The average Bonchev–Trinajstić information content (AvgIpc) is 2.31. The summed E-state index contributed by atoms with van der Waals surface area (Å²) in [6, 6.07) is 8.04. The number of nitrogens with one attached hydrogen (secondary N) is 1. The van der Waals surface area contributed by atoms with Crippen LogP contribution < -0.4 is 5.32 Å². The maximum absolute atomic E-state index is 4.29. The van der Waals surface area contributed by atoms with Gasteiger partial charge < -0.3 is 5.32 Å². The van der Waals surface area contributed by atoms with Crippen molar-refractivity contribution < 1.29 is 0 Å². The van der Waals surface area contributed by atoms with Crippen molar-refractivity contribution >= 4 is 15.9 Å². The first-order valence-electron chi connectivity index (χ1n) is 5.01. The molecule has 0 fully saturated rings. The number of halogens is 1. The fraction of sp³-hybridized carbons (Fsp3) is 0.167. The van der Waals surface area contributed by atoms with Crippen molar-refractivity contribution in [2.45, 2.75) is 6.54 Å². The summed E-state index contributed by atoms with van der Waals surface area (Å²) in [4.78, 5) is 8.58. The fourth-order valence-corrected chi connectivity index (χ4v) is 1.95. The first kappa shape index (κ1) is 11.2. The zero-order valence-electron chi connectivity index (χ0n) is 8.94. The normalized spacial score (nSPS) is 10.4. The van der Waals surface area contributed by atoms with Crippen molar-refractivity contribution in [2.75, 3.05) is 7.05 Å². The molecular formula is C12H12BrN3. The molecule has 0 radical (unpaired) electrons. The highest BCUT2D eigenvalue weighted by Crippen LogP contribution is 2.26. The molecule has 0 bridgehead atoms. The molecule has 3 nitrogen and oxygen atoms in total. The molecule has 0 spiro atoms. The lowest BCUT2D eigenvalue weighted by atomic mass is 10.1. The zero-order chi connectivity index (χ0) is 11.4. The molecular weight excluding hydrogens is 266 g/mol. The summed E-state index contributed by atoms with van der Waals surface area (Å²) in [6.45, 7) is 0.691. The van der Waals surface area contributed by atoms with Crippen LogP contribution in [-0.4, -0.2) is 17.0 Å². The minimum atomic E-state index is 0.691. The van der Waals surface area contributed by atoms with Crippen LogP contribution in [0.2, 0.25) is 0 Å². The molecule has 0 aliphatic heterocycles. The summed E-state index contributed by atoms with van der Waals surface area (Å²) < 4.78 is 1.06. The van der Waals surface area contributed by atoms with Gasteiger partial charge >= 0.3 is 0 Å². The molecule has 2 rings (SSSR count). The van der Waals surface area contributed by atoms with E-state index in [9.17, 15) is 0 Å². The van der Waals surface area contributed by atoms with E-state index in [1.165, 1.54) is 0 Å². The molecule has 1 N–H and O–H groups in total. The monoisotopic (exact) mass is 277 g/mol. The zero-order valence-corrected chi connectivity index (χ0v) is 10.5. The van der Waals surface area contributed by atoms with E-state index in [1.807, 2.05) is 43.7 Å². The number of nitrogens with zero attached hydrogens (tertiary/aromatic N) is 2. The molecule has 2 aromatic rings. The molecule has 0 amide bonds. The number of rotatable bonds is 3. The standard InChI is InChI=1S/C12H12BrN3/c1-14-8-12-15-6-9(7-16-12)10-4-2-3-5-11(10)13/h2-7,14H,8H2,1H3. The highest BCUT2D eigenvalue weighted by Gasteiger charge is 2.03. The highest BCUT2D eigenvalue weighted by atomic mass is 79.9. The van der Waals surface area contributed by atoms with Crippen molar-refractivity contribution in [2.24, 2.45) is 0 Å². The Kier molecular flexibility index (Phi) is 3.64. The van der Waals surface area contributed by atoms with Crippen LogP contribution >= 0.6 is 15.9 Å². The van der Waals surface area contributed by atoms with E-state index in [-0.39, 0.29) is 0 Å². The van der Waals surface area contributed by atoms with Crippen LogP contribution in [0.3, 0.4) is 0 Å². The topological polar surface area (TPSA) is 37.8 Å². The maximum Gasteiger partial charge on any atom is 0.141 e. The van der Waals surface area contributed by atoms with Crippen LogP contribution in [0.4, 0.5) is 0 Å². The molecule has 0 saturated heterocycles. The second-order valence-corrected chi connectivity index (χ2v) is 4.25. The van der Waals surface area contributed by atoms with Crippen LogP contribution in [0.1, 0.15) is 5.82 Å². The summed E-state index contributed by atoms with van der Waals surface area (Å²) in [6.07, 6.45) is 3.69. The fourth-order valence-electron chi connectivity index (χ4n) is 1.44. The molecule has 0 aliphatic carbocycles. The lowest BCUT2D eigenvalue weighted by Gasteiger charge is -2.04. The Bertz CT molecular complexity index is 468. The van der Waals surface area contributed by atoms with Gasteiger partial charge in [0.05, 0.1) is 6.54 Å². The summed E-state index contributed by atoms with van der Waals surface area (Å²) >= 11 is 3.51. The van der Waals surface area contributed by atoms with Crippen LogP contribution in [0, 0.1) is 0 Å². The van der Waals surface area contributed by atoms with Gasteiger partial charge in [-0.1, -0.05) is 34.1 Å². The molecule has 1 aromatic carbocycles. The van der Waals surface area contributed by atoms with Gasteiger partial charge in [0.25, 0.3) is 0 Å². The first-order valence-corrected chi connectivity index (χ1v) is 5.81. The van der Waals surface area contributed by atoms with Crippen molar-refractivity contribution in [3.63, 3.8) is 0 Å².